The van der Waals surface area contributed by atoms with Crippen LogP contribution in [0.25, 0.3) is 0 Å². The Morgan fingerprint density at radius 3 is 0.650 bits per heavy atom. The molecule has 10 nitrogen and oxygen atoms in total. The SMILES string of the molecule is C#N.C#N.C#N.C#N.C#N.C#N.O=S(=O)(O)O.[Fe].[H-].[H-].[K+].[Na+]. The minimum absolute atomic E-state index is 0. The number of nitriles is 6. The van der Waals surface area contributed by atoms with Crippen molar-refractivity contribution in [2.75, 3.05) is 0 Å². The maximum Gasteiger partial charge on any atom is 1.00 e. The molecule has 0 spiro atoms. The first kappa shape index (κ1) is 72.3. The van der Waals surface area contributed by atoms with Crippen LogP contribution in [0.3, 0.4) is 0 Å². The van der Waals surface area contributed by atoms with Crippen molar-refractivity contribution in [3.8, 4) is 39.4 Å². The monoisotopic (exact) mass is 380 g/mol. The van der Waals surface area contributed by atoms with Gasteiger partial charge in [0.15, 0.2) is 0 Å². The maximum atomic E-state index is 8.74. The minimum atomic E-state index is -4.67. The summed E-state index contributed by atoms with van der Waals surface area (Å²) in [6, 6.07) is 0. The number of rotatable bonds is 0. The largest absolute Gasteiger partial charge is 1.00 e. The normalized spacial score (nSPS) is 3.50. The molecule has 0 amide bonds. The molecule has 20 heavy (non-hydrogen) atoms. The fraction of sp³-hybridized carbons (Fsp3) is 0. The van der Waals surface area contributed by atoms with Crippen molar-refractivity contribution in [1.82, 2.24) is 0 Å². The average Bonchev–Trinajstić information content (AvgIpc) is 2.41. The molecule has 0 radical (unpaired) electrons. The quantitative estimate of drug-likeness (QED) is 0.300. The van der Waals surface area contributed by atoms with Crippen LogP contribution in [0.2, 0.25) is 0 Å². The van der Waals surface area contributed by atoms with Crippen molar-refractivity contribution in [3.05, 3.63) is 0 Å². The summed E-state index contributed by atoms with van der Waals surface area (Å²) in [6.45, 7) is 21.0. The fourth-order valence-corrected chi connectivity index (χ4v) is 0. The Balaban J connectivity index is -0.00000000535. The molecule has 0 rings (SSSR count). The van der Waals surface area contributed by atoms with Gasteiger partial charge in [0.25, 0.3) is 0 Å². The Labute approximate surface area is 196 Å². The van der Waals surface area contributed by atoms with Gasteiger partial charge in [-0.25, -0.2) is 31.6 Å². The summed E-state index contributed by atoms with van der Waals surface area (Å²) in [5, 5.41) is 39.0. The van der Waals surface area contributed by atoms with Gasteiger partial charge in [-0.2, -0.15) is 8.42 Å². The Kier molecular flexibility index (Phi) is 622. The molecule has 0 atom stereocenters. The third kappa shape index (κ3) is 4430000. The Hall–Kier alpha value is -0.0342. The number of hydrogen-bond acceptors (Lipinski definition) is 8. The average molecular weight is 380 g/mol. The van der Waals surface area contributed by atoms with Crippen LogP contribution >= 0.6 is 0 Å². The van der Waals surface area contributed by atoms with Gasteiger partial charge in [0, 0.05) is 56.5 Å². The molecule has 0 fully saturated rings. The molecule has 104 valence electrons. The van der Waals surface area contributed by atoms with Crippen LogP contribution in [0, 0.1) is 71.0 Å². The Morgan fingerprint density at radius 2 is 0.650 bits per heavy atom. The predicted octanol–water partition coefficient (Wildman–Crippen LogP) is -5.58. The first-order valence-corrected chi connectivity index (χ1v) is 3.64. The van der Waals surface area contributed by atoms with Crippen LogP contribution in [0.1, 0.15) is 2.85 Å². The molecular formula is C6H10FeKN6NaO4S. The van der Waals surface area contributed by atoms with E-state index in [1.54, 1.807) is 0 Å². The predicted molar refractivity (Wildman–Crippen MR) is 56.4 cm³/mol. The van der Waals surface area contributed by atoms with Gasteiger partial charge in [-0.1, -0.05) is 0 Å². The minimum Gasteiger partial charge on any atom is -1.00 e. The van der Waals surface area contributed by atoms with E-state index < -0.39 is 10.4 Å². The molecule has 0 heterocycles. The number of nitrogens with zero attached hydrogens (tertiary/aromatic N) is 6. The van der Waals surface area contributed by atoms with Gasteiger partial charge in [0.05, 0.1) is 0 Å². The molecule has 0 saturated carbocycles. The van der Waals surface area contributed by atoms with E-state index >= 15 is 0 Å². The first-order chi connectivity index (χ1) is 8.00. The van der Waals surface area contributed by atoms with E-state index in [-0.39, 0.29) is 101 Å². The zero-order valence-electron chi connectivity index (χ0n) is 12.6. The van der Waals surface area contributed by atoms with Gasteiger partial charge in [-0.15, -0.1) is 0 Å². The van der Waals surface area contributed by atoms with Crippen molar-refractivity contribution in [2.24, 2.45) is 0 Å². The molecule has 0 aliphatic heterocycles. The second-order valence-electron chi connectivity index (χ2n) is 0.448. The van der Waals surface area contributed by atoms with Crippen LogP contribution in [0.5, 0.6) is 0 Å². The summed E-state index contributed by atoms with van der Waals surface area (Å²) < 4.78 is 31.6. The molecule has 0 aliphatic rings. The van der Waals surface area contributed by atoms with Crippen molar-refractivity contribution < 1.29 is 118 Å². The van der Waals surface area contributed by atoms with Gasteiger partial charge < -0.3 is 2.85 Å². The third-order valence-corrected chi connectivity index (χ3v) is 0. The first-order valence-electron chi connectivity index (χ1n) is 2.25. The smallest absolute Gasteiger partial charge is 1.00 e. The van der Waals surface area contributed by atoms with Crippen molar-refractivity contribution >= 4 is 10.4 Å². The van der Waals surface area contributed by atoms with E-state index in [0.29, 0.717) is 0 Å². The molecule has 0 unspecified atom stereocenters. The summed E-state index contributed by atoms with van der Waals surface area (Å²) in [6.07, 6.45) is 0. The van der Waals surface area contributed by atoms with E-state index in [4.69, 9.17) is 49.1 Å². The number of hydrogen-bond donors (Lipinski definition) is 2. The summed E-state index contributed by atoms with van der Waals surface area (Å²) in [7, 11) is -4.67. The standard InChI is InChI=1S/6CHN.Fe.K.Na.H2O4S.2H/c6*1-2;;;;1-5(2,3)4;;/h6*1H;;;;(H2,1,2,3,4);;/q;;;;;;;2*+1;;2*-1. The zero-order chi connectivity index (χ0) is 16.5. The fourth-order valence-electron chi connectivity index (χ4n) is 0. The van der Waals surface area contributed by atoms with Gasteiger partial charge in [0.1, 0.15) is 0 Å². The van der Waals surface area contributed by atoms with Gasteiger partial charge in [-0.3, -0.25) is 9.11 Å². The molecular weight excluding hydrogens is 370 g/mol. The molecule has 14 heteroatoms. The zero-order valence-corrected chi connectivity index (χ0v) is 17.7. The van der Waals surface area contributed by atoms with E-state index in [2.05, 4.69) is 39.4 Å². The second-order valence-corrected chi connectivity index (χ2v) is 1.34. The topological polar surface area (TPSA) is 217 Å². The van der Waals surface area contributed by atoms with E-state index in [1.807, 2.05) is 0 Å². The van der Waals surface area contributed by atoms with E-state index in [1.165, 1.54) is 0 Å². The van der Waals surface area contributed by atoms with Crippen molar-refractivity contribution in [2.45, 2.75) is 0 Å². The Morgan fingerprint density at radius 1 is 0.650 bits per heavy atom. The van der Waals surface area contributed by atoms with E-state index in [0.717, 1.165) is 0 Å². The summed E-state index contributed by atoms with van der Waals surface area (Å²) in [4.78, 5) is 0. The van der Waals surface area contributed by atoms with Gasteiger partial charge >= 0.3 is 91.3 Å². The summed E-state index contributed by atoms with van der Waals surface area (Å²) in [5.74, 6) is 0. The van der Waals surface area contributed by atoms with Crippen LogP contribution in [-0.2, 0) is 27.5 Å². The van der Waals surface area contributed by atoms with Crippen molar-refractivity contribution in [3.63, 3.8) is 0 Å². The van der Waals surface area contributed by atoms with Crippen LogP contribution < -0.4 is 80.9 Å². The third-order valence-electron chi connectivity index (χ3n) is 0. The molecule has 0 bridgehead atoms. The van der Waals surface area contributed by atoms with Gasteiger partial charge in [-0.05, 0) is 0 Å². The molecule has 0 saturated heterocycles. The molecule has 0 aliphatic carbocycles. The van der Waals surface area contributed by atoms with Crippen LogP contribution in [0.4, 0.5) is 0 Å². The molecule has 2 N–H and O–H groups in total. The maximum absolute atomic E-state index is 8.74. The molecule has 0 aromatic rings. The summed E-state index contributed by atoms with van der Waals surface area (Å²) in [5.41, 5.74) is 0. The van der Waals surface area contributed by atoms with Crippen LogP contribution in [0.15, 0.2) is 0 Å². The van der Waals surface area contributed by atoms with Crippen LogP contribution in [-0.4, -0.2) is 17.5 Å². The summed E-state index contributed by atoms with van der Waals surface area (Å²) >= 11 is 0. The van der Waals surface area contributed by atoms with E-state index in [9.17, 15) is 0 Å². The Bertz CT molecular complexity index is 281. The van der Waals surface area contributed by atoms with Crippen molar-refractivity contribution in [1.29, 1.82) is 31.6 Å². The second kappa shape index (κ2) is 172. The van der Waals surface area contributed by atoms with Gasteiger partial charge in [0.2, 0.25) is 0 Å². The molecule has 0 aromatic heterocycles. The molecule has 0 aromatic carbocycles.